The number of rotatable bonds is 4. The first kappa shape index (κ1) is 18.8. The van der Waals surface area contributed by atoms with E-state index in [0.29, 0.717) is 0 Å². The average Bonchev–Trinajstić information content (AvgIpc) is 3.20. The minimum atomic E-state index is 0.964. The highest BCUT2D eigenvalue weighted by molar-refractivity contribution is 6.02. The van der Waals surface area contributed by atoms with Gasteiger partial charge in [-0.3, -0.25) is 0 Å². The van der Waals surface area contributed by atoms with Gasteiger partial charge in [0.25, 0.3) is 0 Å². The van der Waals surface area contributed by atoms with Gasteiger partial charge in [0.1, 0.15) is 12.1 Å². The van der Waals surface area contributed by atoms with Crippen LogP contribution in [0.15, 0.2) is 67.1 Å². The van der Waals surface area contributed by atoms with Gasteiger partial charge < -0.3 is 14.4 Å². The van der Waals surface area contributed by atoms with Crippen LogP contribution in [-0.4, -0.2) is 52.2 Å². The van der Waals surface area contributed by atoms with E-state index in [-0.39, 0.29) is 0 Å². The molecule has 0 N–H and O–H groups in total. The molecule has 30 heavy (non-hydrogen) atoms. The Hall–Kier alpha value is -3.18. The molecule has 5 rings (SSSR count). The van der Waals surface area contributed by atoms with Crippen LogP contribution in [0.25, 0.3) is 27.8 Å². The second-order valence-electron chi connectivity index (χ2n) is 7.88. The molecule has 4 aromatic rings. The minimum absolute atomic E-state index is 0.964. The van der Waals surface area contributed by atoms with E-state index in [9.17, 15) is 0 Å². The number of benzene rings is 2. The summed E-state index contributed by atoms with van der Waals surface area (Å²) in [5.41, 5.74) is 5.72. The Morgan fingerprint density at radius 1 is 0.867 bits per heavy atom. The van der Waals surface area contributed by atoms with Crippen molar-refractivity contribution in [3.63, 3.8) is 0 Å². The van der Waals surface area contributed by atoms with Crippen LogP contribution in [0.5, 0.6) is 0 Å². The van der Waals surface area contributed by atoms with Crippen molar-refractivity contribution in [3.05, 3.63) is 72.7 Å². The normalized spacial score (nSPS) is 15.1. The number of hydrogen-bond donors (Lipinski definition) is 0. The second-order valence-corrected chi connectivity index (χ2v) is 7.88. The highest BCUT2D eigenvalue weighted by Crippen LogP contribution is 2.37. The van der Waals surface area contributed by atoms with E-state index in [0.717, 1.165) is 55.3 Å². The maximum atomic E-state index is 4.78. The molecule has 0 radical (unpaired) electrons. The Labute approximate surface area is 177 Å². The van der Waals surface area contributed by atoms with Gasteiger partial charge in [-0.25, -0.2) is 9.97 Å². The summed E-state index contributed by atoms with van der Waals surface area (Å²) in [5, 5.41) is 1.14. The highest BCUT2D eigenvalue weighted by atomic mass is 15.3. The zero-order valence-electron chi connectivity index (χ0n) is 17.6. The number of nitrogens with zero attached hydrogens (tertiary/aromatic N) is 5. The van der Waals surface area contributed by atoms with Gasteiger partial charge >= 0.3 is 0 Å². The molecule has 0 atom stereocenters. The molecule has 0 unspecified atom stereocenters. The summed E-state index contributed by atoms with van der Waals surface area (Å²) in [7, 11) is 0. The zero-order chi connectivity index (χ0) is 20.5. The molecule has 1 aliphatic rings. The summed E-state index contributed by atoms with van der Waals surface area (Å²) in [6, 6.07) is 19.1. The molecule has 5 heteroatoms. The molecule has 1 saturated heterocycles. The Bertz CT molecular complexity index is 1160. The summed E-state index contributed by atoms with van der Waals surface area (Å²) >= 11 is 0. The molecule has 1 aliphatic heterocycles. The molecule has 152 valence electrons. The van der Waals surface area contributed by atoms with Crippen molar-refractivity contribution in [2.45, 2.75) is 13.8 Å². The van der Waals surface area contributed by atoms with E-state index in [1.54, 1.807) is 6.33 Å². The Balaban J connectivity index is 1.72. The van der Waals surface area contributed by atoms with Gasteiger partial charge in [0.2, 0.25) is 0 Å². The van der Waals surface area contributed by atoms with Crippen molar-refractivity contribution >= 4 is 16.9 Å². The fourth-order valence-electron chi connectivity index (χ4n) is 4.42. The summed E-state index contributed by atoms with van der Waals surface area (Å²) < 4.78 is 2.22. The fourth-order valence-corrected chi connectivity index (χ4v) is 4.42. The summed E-state index contributed by atoms with van der Waals surface area (Å²) in [4.78, 5) is 14.4. The predicted molar refractivity (Wildman–Crippen MR) is 123 cm³/mol. The van der Waals surface area contributed by atoms with Crippen LogP contribution in [0.2, 0.25) is 0 Å². The maximum absolute atomic E-state index is 4.78. The first-order valence-electron chi connectivity index (χ1n) is 10.7. The van der Waals surface area contributed by atoms with E-state index < -0.39 is 0 Å². The average molecular weight is 398 g/mol. The van der Waals surface area contributed by atoms with Gasteiger partial charge in [-0.15, -0.1) is 0 Å². The zero-order valence-corrected chi connectivity index (χ0v) is 17.6. The van der Waals surface area contributed by atoms with E-state index >= 15 is 0 Å². The molecule has 0 aliphatic carbocycles. The molecular formula is C25H27N5. The van der Waals surface area contributed by atoms with E-state index in [1.165, 1.54) is 16.7 Å². The predicted octanol–water partition coefficient (Wildman–Crippen LogP) is 4.54. The van der Waals surface area contributed by atoms with Crippen LogP contribution in [0, 0.1) is 6.92 Å². The van der Waals surface area contributed by atoms with Crippen molar-refractivity contribution in [3.8, 4) is 16.8 Å². The van der Waals surface area contributed by atoms with E-state index in [4.69, 9.17) is 9.97 Å². The molecule has 0 bridgehead atoms. The largest absolute Gasteiger partial charge is 0.353 e. The molecule has 2 aromatic heterocycles. The Morgan fingerprint density at radius 2 is 1.60 bits per heavy atom. The quantitative estimate of drug-likeness (QED) is 0.507. The van der Waals surface area contributed by atoms with Gasteiger partial charge in [-0.05, 0) is 30.7 Å². The lowest BCUT2D eigenvalue weighted by molar-refractivity contribution is 0.271. The molecule has 5 nitrogen and oxygen atoms in total. The topological polar surface area (TPSA) is 37.2 Å². The summed E-state index contributed by atoms with van der Waals surface area (Å²) in [5.74, 6) is 1.04. The molecule has 0 saturated carbocycles. The second kappa shape index (κ2) is 7.92. The smallest absolute Gasteiger partial charge is 0.150 e. The lowest BCUT2D eigenvalue weighted by atomic mass is 10.1. The Kier molecular flexibility index (Phi) is 4.97. The number of anilines is 1. The number of hydrogen-bond acceptors (Lipinski definition) is 4. The molecule has 0 spiro atoms. The molecule has 2 aromatic carbocycles. The van der Waals surface area contributed by atoms with E-state index in [2.05, 4.69) is 89.0 Å². The number of piperazine rings is 1. The van der Waals surface area contributed by atoms with Crippen LogP contribution < -0.4 is 4.90 Å². The van der Waals surface area contributed by atoms with Crippen LogP contribution in [0.1, 0.15) is 12.5 Å². The molecule has 1 fully saturated rings. The van der Waals surface area contributed by atoms with Gasteiger partial charge in [0.15, 0.2) is 5.65 Å². The van der Waals surface area contributed by atoms with Gasteiger partial charge in [-0.1, -0.05) is 55.5 Å². The van der Waals surface area contributed by atoms with Crippen molar-refractivity contribution in [1.82, 2.24) is 19.4 Å². The number of aromatic nitrogens is 3. The van der Waals surface area contributed by atoms with Crippen LogP contribution in [-0.2, 0) is 0 Å². The fraction of sp³-hybridized carbons (Fsp3) is 0.280. The van der Waals surface area contributed by atoms with Gasteiger partial charge in [0.05, 0.1) is 5.39 Å². The standard InChI is InChI=1S/C25H27N5/c1-3-28-13-15-29(16-14-28)24-23-21(20-10-5-4-6-11-20)17-30(25(23)27-18-26-24)22-12-8-7-9-19(22)2/h4-12,17-18H,3,13-16H2,1-2H3. The highest BCUT2D eigenvalue weighted by Gasteiger charge is 2.23. The lowest BCUT2D eigenvalue weighted by Gasteiger charge is -2.35. The molecule has 3 heterocycles. The minimum Gasteiger partial charge on any atom is -0.353 e. The third-order valence-corrected chi connectivity index (χ3v) is 6.14. The number of fused-ring (bicyclic) bond motifs is 1. The SMILES string of the molecule is CCN1CCN(c2ncnc3c2c(-c2ccccc2)cn3-c2ccccc2C)CC1. The monoisotopic (exact) mass is 397 g/mol. The molecule has 0 amide bonds. The van der Waals surface area contributed by atoms with E-state index in [1.807, 2.05) is 0 Å². The third-order valence-electron chi connectivity index (χ3n) is 6.14. The maximum Gasteiger partial charge on any atom is 0.150 e. The van der Waals surface area contributed by atoms with Crippen molar-refractivity contribution in [1.29, 1.82) is 0 Å². The number of para-hydroxylation sites is 1. The first-order chi connectivity index (χ1) is 14.8. The van der Waals surface area contributed by atoms with Crippen LogP contribution in [0.4, 0.5) is 5.82 Å². The van der Waals surface area contributed by atoms with Crippen molar-refractivity contribution in [2.24, 2.45) is 0 Å². The summed E-state index contributed by atoms with van der Waals surface area (Å²) in [6.07, 6.45) is 3.94. The van der Waals surface area contributed by atoms with Crippen LogP contribution in [0.3, 0.4) is 0 Å². The number of likely N-dealkylation sites (N-methyl/N-ethyl adjacent to an activating group) is 1. The van der Waals surface area contributed by atoms with Crippen LogP contribution >= 0.6 is 0 Å². The molecular weight excluding hydrogens is 370 g/mol. The lowest BCUT2D eigenvalue weighted by Crippen LogP contribution is -2.46. The number of aryl methyl sites for hydroxylation is 1. The Morgan fingerprint density at radius 3 is 2.33 bits per heavy atom. The summed E-state index contributed by atoms with van der Waals surface area (Å²) in [6.45, 7) is 9.60. The van der Waals surface area contributed by atoms with Gasteiger partial charge in [-0.2, -0.15) is 0 Å². The van der Waals surface area contributed by atoms with Crippen molar-refractivity contribution < 1.29 is 0 Å². The van der Waals surface area contributed by atoms with Crippen molar-refractivity contribution in [2.75, 3.05) is 37.6 Å². The van der Waals surface area contributed by atoms with Gasteiger partial charge in [0, 0.05) is 43.6 Å². The first-order valence-corrected chi connectivity index (χ1v) is 10.7. The third kappa shape index (κ3) is 3.25.